The van der Waals surface area contributed by atoms with E-state index in [1.165, 1.54) is 0 Å². The van der Waals surface area contributed by atoms with Crippen molar-refractivity contribution in [3.63, 3.8) is 0 Å². The lowest BCUT2D eigenvalue weighted by molar-refractivity contribution is 0.412. The number of hydrogen-bond donors (Lipinski definition) is 2. The Balaban J connectivity index is 0.00000324. The Morgan fingerprint density at radius 1 is 1.47 bits per heavy atom. The molecular formula is C13H21BrIN3O. The normalized spacial score (nSPS) is 10.8. The molecule has 0 spiro atoms. The summed E-state index contributed by atoms with van der Waals surface area (Å²) in [5, 5.41) is 3.08. The van der Waals surface area contributed by atoms with Crippen LogP contribution in [0.3, 0.4) is 0 Å². The number of rotatable bonds is 6. The molecule has 19 heavy (non-hydrogen) atoms. The Labute approximate surface area is 140 Å². The molecule has 0 aromatic heterocycles. The van der Waals surface area contributed by atoms with Gasteiger partial charge < -0.3 is 15.8 Å². The van der Waals surface area contributed by atoms with Crippen LogP contribution in [-0.2, 0) is 6.54 Å². The van der Waals surface area contributed by atoms with Crippen molar-refractivity contribution in [3.8, 4) is 5.75 Å². The van der Waals surface area contributed by atoms with Crippen molar-refractivity contribution in [1.82, 2.24) is 5.32 Å². The van der Waals surface area contributed by atoms with Crippen LogP contribution in [0.1, 0.15) is 25.3 Å². The third-order valence-corrected chi connectivity index (χ3v) is 3.10. The summed E-state index contributed by atoms with van der Waals surface area (Å²) in [4.78, 5) is 4.28. The summed E-state index contributed by atoms with van der Waals surface area (Å²) in [5.41, 5.74) is 6.84. The number of guanidine groups is 1. The van der Waals surface area contributed by atoms with Crippen LogP contribution in [-0.4, -0.2) is 19.6 Å². The molecule has 0 aliphatic heterocycles. The smallest absolute Gasteiger partial charge is 0.188 e. The molecule has 6 heteroatoms. The maximum absolute atomic E-state index is 5.76. The number of nitrogens with zero attached hydrogens (tertiary/aromatic N) is 1. The van der Waals surface area contributed by atoms with E-state index in [-0.39, 0.29) is 24.0 Å². The zero-order valence-corrected chi connectivity index (χ0v) is 15.2. The van der Waals surface area contributed by atoms with Crippen LogP contribution >= 0.6 is 39.9 Å². The van der Waals surface area contributed by atoms with Gasteiger partial charge in [0, 0.05) is 6.54 Å². The van der Waals surface area contributed by atoms with E-state index in [1.54, 1.807) is 7.11 Å². The molecule has 0 saturated carbocycles. The SMILES string of the molecule is CCCCNC(N)=NCc1ccc(OC)c(Br)c1.I. The van der Waals surface area contributed by atoms with Gasteiger partial charge in [-0.25, -0.2) is 4.99 Å². The van der Waals surface area contributed by atoms with E-state index in [1.807, 2.05) is 18.2 Å². The Kier molecular flexibility index (Phi) is 10.0. The summed E-state index contributed by atoms with van der Waals surface area (Å²) in [6.07, 6.45) is 2.25. The van der Waals surface area contributed by atoms with Gasteiger partial charge in [-0.15, -0.1) is 24.0 Å². The van der Waals surface area contributed by atoms with Gasteiger partial charge >= 0.3 is 0 Å². The van der Waals surface area contributed by atoms with Crippen molar-refractivity contribution in [2.45, 2.75) is 26.3 Å². The average Bonchev–Trinajstić information content (AvgIpc) is 2.37. The first-order valence-corrected chi connectivity index (χ1v) is 6.83. The summed E-state index contributed by atoms with van der Waals surface area (Å²) in [6.45, 7) is 3.58. The van der Waals surface area contributed by atoms with E-state index in [2.05, 4.69) is 33.2 Å². The number of aliphatic imine (C=N–C) groups is 1. The van der Waals surface area contributed by atoms with Gasteiger partial charge in [-0.2, -0.15) is 0 Å². The molecular weight excluding hydrogens is 421 g/mol. The predicted octanol–water partition coefficient (Wildman–Crippen LogP) is 3.28. The van der Waals surface area contributed by atoms with Crippen LogP contribution in [0, 0.1) is 0 Å². The lowest BCUT2D eigenvalue weighted by Crippen LogP contribution is -2.32. The second kappa shape index (κ2) is 10.3. The standard InChI is InChI=1S/C13H20BrN3O.HI/c1-3-4-7-16-13(15)17-9-10-5-6-12(18-2)11(14)8-10;/h5-6,8H,3-4,7,9H2,1-2H3,(H3,15,16,17);1H. The first-order chi connectivity index (χ1) is 8.67. The second-order valence-electron chi connectivity index (χ2n) is 3.95. The van der Waals surface area contributed by atoms with E-state index in [0.717, 1.165) is 35.2 Å². The van der Waals surface area contributed by atoms with Crippen molar-refractivity contribution in [3.05, 3.63) is 28.2 Å². The average molecular weight is 442 g/mol. The quantitative estimate of drug-likeness (QED) is 0.308. The summed E-state index contributed by atoms with van der Waals surface area (Å²) < 4.78 is 6.10. The Morgan fingerprint density at radius 3 is 2.79 bits per heavy atom. The summed E-state index contributed by atoms with van der Waals surface area (Å²) >= 11 is 3.45. The minimum Gasteiger partial charge on any atom is -0.496 e. The van der Waals surface area contributed by atoms with Gasteiger partial charge in [0.1, 0.15) is 5.75 Å². The minimum atomic E-state index is 0. The minimum absolute atomic E-state index is 0. The van der Waals surface area contributed by atoms with E-state index in [4.69, 9.17) is 10.5 Å². The fraction of sp³-hybridized carbons (Fsp3) is 0.462. The van der Waals surface area contributed by atoms with Crippen LogP contribution in [0.25, 0.3) is 0 Å². The first-order valence-electron chi connectivity index (χ1n) is 6.03. The predicted molar refractivity (Wildman–Crippen MR) is 94.3 cm³/mol. The molecule has 3 N–H and O–H groups in total. The summed E-state index contributed by atoms with van der Waals surface area (Å²) in [6, 6.07) is 5.88. The number of unbranched alkanes of at least 4 members (excludes halogenated alkanes) is 1. The molecule has 0 amide bonds. The fourth-order valence-corrected chi connectivity index (χ4v) is 2.02. The number of benzene rings is 1. The molecule has 108 valence electrons. The molecule has 1 aromatic carbocycles. The largest absolute Gasteiger partial charge is 0.496 e. The third-order valence-electron chi connectivity index (χ3n) is 2.48. The molecule has 0 bridgehead atoms. The van der Waals surface area contributed by atoms with E-state index in [9.17, 15) is 0 Å². The molecule has 0 atom stereocenters. The number of hydrogen-bond acceptors (Lipinski definition) is 2. The van der Waals surface area contributed by atoms with Crippen molar-refractivity contribution in [2.24, 2.45) is 10.7 Å². The highest BCUT2D eigenvalue weighted by atomic mass is 127. The maximum atomic E-state index is 5.76. The van der Waals surface area contributed by atoms with Crippen LogP contribution < -0.4 is 15.8 Å². The summed E-state index contributed by atoms with van der Waals surface area (Å²) in [5.74, 6) is 1.31. The second-order valence-corrected chi connectivity index (χ2v) is 4.81. The molecule has 0 saturated heterocycles. The van der Waals surface area contributed by atoms with Gasteiger partial charge in [0.25, 0.3) is 0 Å². The van der Waals surface area contributed by atoms with E-state index >= 15 is 0 Å². The lowest BCUT2D eigenvalue weighted by Gasteiger charge is -2.06. The van der Waals surface area contributed by atoms with E-state index < -0.39 is 0 Å². The highest BCUT2D eigenvalue weighted by Crippen LogP contribution is 2.25. The molecule has 0 aliphatic rings. The highest BCUT2D eigenvalue weighted by Gasteiger charge is 2.01. The topological polar surface area (TPSA) is 59.6 Å². The number of nitrogens with one attached hydrogen (secondary N) is 1. The van der Waals surface area contributed by atoms with Gasteiger partial charge in [-0.05, 0) is 40.0 Å². The number of nitrogens with two attached hydrogens (primary N) is 1. The third kappa shape index (κ3) is 7.00. The Bertz CT molecular complexity index is 413. The molecule has 1 rings (SSSR count). The maximum Gasteiger partial charge on any atom is 0.188 e. The van der Waals surface area contributed by atoms with Gasteiger partial charge in [-0.1, -0.05) is 19.4 Å². The zero-order valence-electron chi connectivity index (χ0n) is 11.3. The van der Waals surface area contributed by atoms with Gasteiger partial charge in [0.2, 0.25) is 0 Å². The fourth-order valence-electron chi connectivity index (χ4n) is 1.43. The highest BCUT2D eigenvalue weighted by molar-refractivity contribution is 14.0. The monoisotopic (exact) mass is 441 g/mol. The van der Waals surface area contributed by atoms with E-state index in [0.29, 0.717) is 12.5 Å². The van der Waals surface area contributed by atoms with Crippen molar-refractivity contribution >= 4 is 45.9 Å². The number of methoxy groups -OCH3 is 1. The number of halogens is 2. The molecule has 0 fully saturated rings. The van der Waals surface area contributed by atoms with Crippen LogP contribution in [0.5, 0.6) is 5.75 Å². The molecule has 0 unspecified atom stereocenters. The van der Waals surface area contributed by atoms with Gasteiger partial charge in [0.05, 0.1) is 18.1 Å². The summed E-state index contributed by atoms with van der Waals surface area (Å²) in [7, 11) is 1.65. The van der Waals surface area contributed by atoms with Gasteiger partial charge in [-0.3, -0.25) is 0 Å². The Morgan fingerprint density at radius 2 is 2.21 bits per heavy atom. The van der Waals surface area contributed by atoms with Gasteiger partial charge in [0.15, 0.2) is 5.96 Å². The first kappa shape index (κ1) is 18.5. The molecule has 0 aliphatic carbocycles. The van der Waals surface area contributed by atoms with Crippen LogP contribution in [0.4, 0.5) is 0 Å². The molecule has 4 nitrogen and oxygen atoms in total. The van der Waals surface area contributed by atoms with Crippen molar-refractivity contribution < 1.29 is 4.74 Å². The van der Waals surface area contributed by atoms with Crippen LogP contribution in [0.15, 0.2) is 27.7 Å². The molecule has 1 aromatic rings. The van der Waals surface area contributed by atoms with Crippen molar-refractivity contribution in [2.75, 3.05) is 13.7 Å². The molecule has 0 heterocycles. The zero-order chi connectivity index (χ0) is 13.4. The Hall–Kier alpha value is -0.500. The van der Waals surface area contributed by atoms with Crippen molar-refractivity contribution in [1.29, 1.82) is 0 Å². The molecule has 0 radical (unpaired) electrons. The number of ether oxygens (including phenoxy) is 1. The lowest BCUT2D eigenvalue weighted by atomic mass is 10.2. The van der Waals surface area contributed by atoms with Crippen LogP contribution in [0.2, 0.25) is 0 Å².